The molecular formula is C9H12BrNOS. The lowest BCUT2D eigenvalue weighted by atomic mass is 10.3. The van der Waals surface area contributed by atoms with Crippen molar-refractivity contribution in [1.82, 2.24) is 5.32 Å². The minimum atomic E-state index is -0.118. The molecule has 1 aromatic rings. The van der Waals surface area contributed by atoms with Gasteiger partial charge >= 0.3 is 0 Å². The summed E-state index contributed by atoms with van der Waals surface area (Å²) in [5, 5.41) is 4.89. The van der Waals surface area contributed by atoms with Gasteiger partial charge in [0.1, 0.15) is 0 Å². The van der Waals surface area contributed by atoms with E-state index in [1.165, 1.54) is 10.4 Å². The highest BCUT2D eigenvalue weighted by atomic mass is 79.9. The van der Waals surface area contributed by atoms with E-state index in [9.17, 15) is 4.79 Å². The Morgan fingerprint density at radius 3 is 2.92 bits per heavy atom. The fraction of sp³-hybridized carbons (Fsp3) is 0.444. The number of carbonyl (C=O) groups is 1. The van der Waals surface area contributed by atoms with Gasteiger partial charge < -0.3 is 5.32 Å². The summed E-state index contributed by atoms with van der Waals surface area (Å²) < 4.78 is 0. The van der Waals surface area contributed by atoms with Crippen LogP contribution in [0.5, 0.6) is 0 Å². The minimum Gasteiger partial charge on any atom is -0.350 e. The van der Waals surface area contributed by atoms with Crippen LogP contribution in [0.4, 0.5) is 0 Å². The first kappa shape index (κ1) is 10.7. The Morgan fingerprint density at radius 2 is 2.46 bits per heavy atom. The van der Waals surface area contributed by atoms with Crippen LogP contribution in [0, 0.1) is 6.92 Å². The van der Waals surface area contributed by atoms with Gasteiger partial charge in [-0.1, -0.05) is 15.9 Å². The van der Waals surface area contributed by atoms with E-state index in [2.05, 4.69) is 34.2 Å². The Balaban J connectivity index is 2.44. The van der Waals surface area contributed by atoms with Gasteiger partial charge in [0.25, 0.3) is 0 Å². The summed E-state index contributed by atoms with van der Waals surface area (Å²) in [5.41, 5.74) is 1.24. The Morgan fingerprint density at radius 1 is 1.77 bits per heavy atom. The predicted molar refractivity (Wildman–Crippen MR) is 59.3 cm³/mol. The standard InChI is InChI=1S/C9H12BrNOS/c1-6-3-4-13-8(6)5-11-9(12)7(2)10/h3-4,7H,5H2,1-2H3,(H,11,12). The number of nitrogens with one attached hydrogen (secondary N) is 1. The molecule has 1 heterocycles. The fourth-order valence-electron chi connectivity index (χ4n) is 0.893. The molecule has 72 valence electrons. The zero-order chi connectivity index (χ0) is 9.84. The number of amides is 1. The summed E-state index contributed by atoms with van der Waals surface area (Å²) in [5.74, 6) is 0.0350. The van der Waals surface area contributed by atoms with Crippen molar-refractivity contribution in [3.05, 3.63) is 21.9 Å². The molecule has 0 aliphatic heterocycles. The summed E-state index contributed by atoms with van der Waals surface area (Å²) >= 11 is 4.89. The second kappa shape index (κ2) is 4.77. The SMILES string of the molecule is Cc1ccsc1CNC(=O)C(C)Br. The molecule has 0 saturated heterocycles. The zero-order valence-electron chi connectivity index (χ0n) is 7.63. The van der Waals surface area contributed by atoms with Gasteiger partial charge in [-0.15, -0.1) is 11.3 Å². The molecule has 1 unspecified atom stereocenters. The molecule has 0 spiro atoms. The summed E-state index contributed by atoms with van der Waals surface area (Å²) in [6, 6.07) is 2.06. The molecule has 0 radical (unpaired) electrons. The molecule has 4 heteroatoms. The summed E-state index contributed by atoms with van der Waals surface area (Å²) in [7, 11) is 0. The van der Waals surface area contributed by atoms with E-state index in [1.54, 1.807) is 11.3 Å². The number of halogens is 1. The van der Waals surface area contributed by atoms with E-state index in [1.807, 2.05) is 12.3 Å². The van der Waals surface area contributed by atoms with Gasteiger partial charge in [-0.2, -0.15) is 0 Å². The highest BCUT2D eigenvalue weighted by Gasteiger charge is 2.08. The van der Waals surface area contributed by atoms with E-state index in [-0.39, 0.29) is 10.7 Å². The number of thiophene rings is 1. The maximum Gasteiger partial charge on any atom is 0.233 e. The van der Waals surface area contributed by atoms with Crippen molar-refractivity contribution in [3.63, 3.8) is 0 Å². The van der Waals surface area contributed by atoms with Crippen molar-refractivity contribution in [1.29, 1.82) is 0 Å². The molecule has 2 nitrogen and oxygen atoms in total. The molecule has 1 N–H and O–H groups in total. The lowest BCUT2D eigenvalue weighted by Crippen LogP contribution is -2.28. The number of rotatable bonds is 3. The number of aryl methyl sites for hydroxylation is 1. The van der Waals surface area contributed by atoms with Crippen molar-refractivity contribution in [3.8, 4) is 0 Å². The first-order valence-corrected chi connectivity index (χ1v) is 5.85. The van der Waals surface area contributed by atoms with Crippen LogP contribution in [-0.4, -0.2) is 10.7 Å². The molecule has 1 amide bonds. The van der Waals surface area contributed by atoms with Crippen molar-refractivity contribution in [2.45, 2.75) is 25.2 Å². The average Bonchev–Trinajstić information content (AvgIpc) is 2.47. The molecule has 0 aliphatic carbocycles. The van der Waals surface area contributed by atoms with Crippen molar-refractivity contribution in [2.75, 3.05) is 0 Å². The third kappa shape index (κ3) is 3.12. The van der Waals surface area contributed by atoms with Crippen LogP contribution < -0.4 is 5.32 Å². The zero-order valence-corrected chi connectivity index (χ0v) is 10.0. The molecule has 1 rings (SSSR count). The van der Waals surface area contributed by atoms with Gasteiger partial charge in [-0.3, -0.25) is 4.79 Å². The van der Waals surface area contributed by atoms with Crippen LogP contribution in [0.15, 0.2) is 11.4 Å². The second-order valence-electron chi connectivity index (χ2n) is 2.86. The fourth-order valence-corrected chi connectivity index (χ4v) is 1.90. The van der Waals surface area contributed by atoms with Gasteiger partial charge in [-0.25, -0.2) is 0 Å². The Hall–Kier alpha value is -0.350. The Bertz CT molecular complexity index is 296. The minimum absolute atomic E-state index is 0.0350. The molecule has 0 bridgehead atoms. The number of alkyl halides is 1. The molecule has 0 saturated carbocycles. The van der Waals surface area contributed by atoms with E-state index in [0.29, 0.717) is 6.54 Å². The molecule has 0 aromatic carbocycles. The van der Waals surface area contributed by atoms with E-state index in [0.717, 1.165) is 0 Å². The van der Waals surface area contributed by atoms with E-state index in [4.69, 9.17) is 0 Å². The van der Waals surface area contributed by atoms with Crippen molar-refractivity contribution >= 4 is 33.2 Å². The lowest BCUT2D eigenvalue weighted by Gasteiger charge is -2.05. The number of carbonyl (C=O) groups excluding carboxylic acids is 1. The van der Waals surface area contributed by atoms with Crippen LogP contribution >= 0.6 is 27.3 Å². The molecular weight excluding hydrogens is 250 g/mol. The topological polar surface area (TPSA) is 29.1 Å². The quantitative estimate of drug-likeness (QED) is 0.833. The molecule has 13 heavy (non-hydrogen) atoms. The number of hydrogen-bond donors (Lipinski definition) is 1. The third-order valence-electron chi connectivity index (χ3n) is 1.75. The predicted octanol–water partition coefficient (Wildman–Crippen LogP) is 2.46. The highest BCUT2D eigenvalue weighted by Crippen LogP contribution is 2.14. The van der Waals surface area contributed by atoms with Crippen molar-refractivity contribution < 1.29 is 4.79 Å². The largest absolute Gasteiger partial charge is 0.350 e. The van der Waals surface area contributed by atoms with Gasteiger partial charge in [0.2, 0.25) is 5.91 Å². The molecule has 1 atom stereocenters. The van der Waals surface area contributed by atoms with Crippen molar-refractivity contribution in [2.24, 2.45) is 0 Å². The third-order valence-corrected chi connectivity index (χ3v) is 3.19. The summed E-state index contributed by atoms with van der Waals surface area (Å²) in [6.45, 7) is 4.50. The Labute approximate surface area is 90.5 Å². The van der Waals surface area contributed by atoms with Gasteiger partial charge in [0.05, 0.1) is 11.4 Å². The Kier molecular flexibility index (Phi) is 3.93. The molecule has 0 fully saturated rings. The van der Waals surface area contributed by atoms with Crippen LogP contribution in [0.25, 0.3) is 0 Å². The highest BCUT2D eigenvalue weighted by molar-refractivity contribution is 9.10. The lowest BCUT2D eigenvalue weighted by molar-refractivity contribution is -0.120. The second-order valence-corrected chi connectivity index (χ2v) is 5.23. The molecule has 1 aromatic heterocycles. The van der Waals surface area contributed by atoms with Crippen LogP contribution in [-0.2, 0) is 11.3 Å². The van der Waals surface area contributed by atoms with Gasteiger partial charge in [0, 0.05) is 4.88 Å². The summed E-state index contributed by atoms with van der Waals surface area (Å²) in [4.78, 5) is 12.3. The summed E-state index contributed by atoms with van der Waals surface area (Å²) in [6.07, 6.45) is 0. The van der Waals surface area contributed by atoms with Crippen LogP contribution in [0.3, 0.4) is 0 Å². The maximum atomic E-state index is 11.2. The van der Waals surface area contributed by atoms with E-state index >= 15 is 0 Å². The number of hydrogen-bond acceptors (Lipinski definition) is 2. The first-order valence-electron chi connectivity index (χ1n) is 4.06. The average molecular weight is 262 g/mol. The van der Waals surface area contributed by atoms with Gasteiger partial charge in [-0.05, 0) is 30.9 Å². The first-order chi connectivity index (χ1) is 6.11. The smallest absolute Gasteiger partial charge is 0.233 e. The van der Waals surface area contributed by atoms with Crippen LogP contribution in [0.1, 0.15) is 17.4 Å². The van der Waals surface area contributed by atoms with Crippen LogP contribution in [0.2, 0.25) is 0 Å². The monoisotopic (exact) mass is 261 g/mol. The molecule has 0 aliphatic rings. The van der Waals surface area contributed by atoms with Gasteiger partial charge in [0.15, 0.2) is 0 Å². The van der Waals surface area contributed by atoms with E-state index < -0.39 is 0 Å². The maximum absolute atomic E-state index is 11.2. The normalized spacial score (nSPS) is 12.5.